The van der Waals surface area contributed by atoms with Crippen molar-refractivity contribution >= 4 is 35.0 Å². The van der Waals surface area contributed by atoms with Gasteiger partial charge >= 0.3 is 0 Å². The molecule has 1 N–H and O–H groups in total. The lowest BCUT2D eigenvalue weighted by molar-refractivity contribution is -0.113. The Kier molecular flexibility index (Phi) is 7.92. The van der Waals surface area contributed by atoms with E-state index in [0.29, 0.717) is 34.0 Å². The molecule has 1 heterocycles. The Labute approximate surface area is 193 Å². The molecule has 0 bridgehead atoms. The van der Waals surface area contributed by atoms with Crippen LogP contribution in [-0.4, -0.2) is 33.5 Å². The molecule has 3 rings (SSSR count). The van der Waals surface area contributed by atoms with Crippen molar-refractivity contribution in [1.82, 2.24) is 14.8 Å². The van der Waals surface area contributed by atoms with Gasteiger partial charge in [-0.25, -0.2) is 8.78 Å². The molecule has 0 saturated carbocycles. The first kappa shape index (κ1) is 23.8. The van der Waals surface area contributed by atoms with Gasteiger partial charge in [-0.15, -0.1) is 10.2 Å². The molecule has 0 aliphatic heterocycles. The zero-order valence-corrected chi connectivity index (χ0v) is 19.1. The molecule has 32 heavy (non-hydrogen) atoms. The second-order valence-electron chi connectivity index (χ2n) is 6.60. The summed E-state index contributed by atoms with van der Waals surface area (Å²) in [5.41, 5.74) is 0.464. The predicted octanol–water partition coefficient (Wildman–Crippen LogP) is 5.11. The van der Waals surface area contributed by atoms with Crippen molar-refractivity contribution in [2.45, 2.75) is 31.7 Å². The van der Waals surface area contributed by atoms with Crippen molar-refractivity contribution in [1.29, 1.82) is 0 Å². The highest BCUT2D eigenvalue weighted by molar-refractivity contribution is 7.99. The third-order valence-corrected chi connectivity index (χ3v) is 5.59. The molecular weight excluding hydrogens is 462 g/mol. The second kappa shape index (κ2) is 10.6. The van der Waals surface area contributed by atoms with Crippen LogP contribution < -0.4 is 14.8 Å². The van der Waals surface area contributed by atoms with Gasteiger partial charge in [0.2, 0.25) is 5.91 Å². The molecule has 0 radical (unpaired) electrons. The molecule has 170 valence electrons. The molecule has 7 nitrogen and oxygen atoms in total. The maximum Gasteiger partial charge on any atom is 0.234 e. The number of rotatable bonds is 9. The molecule has 0 aliphatic rings. The smallest absolute Gasteiger partial charge is 0.234 e. The van der Waals surface area contributed by atoms with Gasteiger partial charge in [-0.3, -0.25) is 4.79 Å². The van der Waals surface area contributed by atoms with E-state index in [1.807, 2.05) is 6.92 Å². The Morgan fingerprint density at radius 2 is 1.97 bits per heavy atom. The topological polar surface area (TPSA) is 78.3 Å². The molecule has 11 heteroatoms. The third kappa shape index (κ3) is 5.68. The van der Waals surface area contributed by atoms with E-state index >= 15 is 0 Å². The van der Waals surface area contributed by atoms with Crippen LogP contribution in [0.25, 0.3) is 0 Å². The van der Waals surface area contributed by atoms with Crippen LogP contribution in [0.5, 0.6) is 11.5 Å². The van der Waals surface area contributed by atoms with Crippen molar-refractivity contribution in [3.05, 3.63) is 58.9 Å². The minimum absolute atomic E-state index is 0.0651. The van der Waals surface area contributed by atoms with Crippen molar-refractivity contribution in [3.63, 3.8) is 0 Å². The Morgan fingerprint density at radius 1 is 1.22 bits per heavy atom. The van der Waals surface area contributed by atoms with Gasteiger partial charge in [-0.1, -0.05) is 23.4 Å². The summed E-state index contributed by atoms with van der Waals surface area (Å²) >= 11 is 7.18. The SMILES string of the molecule is CCn1c(SCC(=O)Nc2cc(Cl)ccc2OC)nnc1C(C)Oc1ccc(F)cc1F. The van der Waals surface area contributed by atoms with Gasteiger partial charge < -0.3 is 19.4 Å². The first-order chi connectivity index (χ1) is 15.3. The number of carbonyl (C=O) groups is 1. The maximum absolute atomic E-state index is 13.9. The Balaban J connectivity index is 1.67. The summed E-state index contributed by atoms with van der Waals surface area (Å²) in [6.07, 6.45) is -0.652. The maximum atomic E-state index is 13.9. The van der Waals surface area contributed by atoms with Gasteiger partial charge in [0.05, 0.1) is 18.6 Å². The molecule has 3 aromatic rings. The molecule has 2 aromatic carbocycles. The third-order valence-electron chi connectivity index (χ3n) is 4.39. The number of aromatic nitrogens is 3. The van der Waals surface area contributed by atoms with Gasteiger partial charge in [-0.05, 0) is 44.2 Å². The average Bonchev–Trinajstić information content (AvgIpc) is 3.17. The number of nitrogens with zero attached hydrogens (tertiary/aromatic N) is 3. The van der Waals surface area contributed by atoms with Gasteiger partial charge in [0.1, 0.15) is 11.6 Å². The lowest BCUT2D eigenvalue weighted by Crippen LogP contribution is -2.16. The number of amides is 1. The number of anilines is 1. The monoisotopic (exact) mass is 482 g/mol. The van der Waals surface area contributed by atoms with Gasteiger partial charge in [0, 0.05) is 17.6 Å². The number of carbonyl (C=O) groups excluding carboxylic acids is 1. The molecular formula is C21H21ClF2N4O3S. The van der Waals surface area contributed by atoms with E-state index in [9.17, 15) is 13.6 Å². The summed E-state index contributed by atoms with van der Waals surface area (Å²) in [6, 6.07) is 8.01. The zero-order valence-electron chi connectivity index (χ0n) is 17.6. The number of halogens is 3. The van der Waals surface area contributed by atoms with Crippen LogP contribution in [-0.2, 0) is 11.3 Å². The predicted molar refractivity (Wildman–Crippen MR) is 118 cm³/mol. The summed E-state index contributed by atoms with van der Waals surface area (Å²) < 4.78 is 39.6. The van der Waals surface area contributed by atoms with Crippen LogP contribution in [0.2, 0.25) is 5.02 Å². The number of nitrogens with one attached hydrogen (secondary N) is 1. The summed E-state index contributed by atoms with van der Waals surface area (Å²) in [5.74, 6) is -0.848. The first-order valence-corrected chi connectivity index (χ1v) is 11.0. The zero-order chi connectivity index (χ0) is 23.3. The summed E-state index contributed by atoms with van der Waals surface area (Å²) in [5, 5.41) is 12.0. The van der Waals surface area contributed by atoms with Crippen LogP contribution in [0.15, 0.2) is 41.6 Å². The fraction of sp³-hybridized carbons (Fsp3) is 0.286. The summed E-state index contributed by atoms with van der Waals surface area (Å²) in [6.45, 7) is 4.08. The largest absolute Gasteiger partial charge is 0.495 e. The van der Waals surface area contributed by atoms with E-state index in [-0.39, 0.29) is 17.4 Å². The van der Waals surface area contributed by atoms with E-state index < -0.39 is 17.7 Å². The van der Waals surface area contributed by atoms with Crippen molar-refractivity contribution in [2.24, 2.45) is 0 Å². The fourth-order valence-electron chi connectivity index (χ4n) is 2.91. The molecule has 1 aromatic heterocycles. The van der Waals surface area contributed by atoms with E-state index in [1.165, 1.54) is 24.9 Å². The minimum Gasteiger partial charge on any atom is -0.495 e. The van der Waals surface area contributed by atoms with E-state index in [1.54, 1.807) is 29.7 Å². The lowest BCUT2D eigenvalue weighted by atomic mass is 10.3. The lowest BCUT2D eigenvalue weighted by Gasteiger charge is -2.16. The van der Waals surface area contributed by atoms with E-state index in [0.717, 1.165) is 12.1 Å². The van der Waals surface area contributed by atoms with Crippen molar-refractivity contribution in [3.8, 4) is 11.5 Å². The molecule has 0 spiro atoms. The second-order valence-corrected chi connectivity index (χ2v) is 7.98. The van der Waals surface area contributed by atoms with Crippen LogP contribution in [0.4, 0.5) is 14.5 Å². The highest BCUT2D eigenvalue weighted by atomic mass is 35.5. The fourth-order valence-corrected chi connectivity index (χ4v) is 3.89. The van der Waals surface area contributed by atoms with E-state index in [4.69, 9.17) is 21.1 Å². The standard InChI is InChI=1S/C21H21ClF2N4O3S/c1-4-28-20(12(2)31-17-8-6-14(23)10-15(17)24)26-27-21(28)32-11-19(29)25-16-9-13(22)5-7-18(16)30-3/h5-10,12H,4,11H2,1-3H3,(H,25,29). The Morgan fingerprint density at radius 3 is 2.66 bits per heavy atom. The highest BCUT2D eigenvalue weighted by Gasteiger charge is 2.21. The van der Waals surface area contributed by atoms with Crippen LogP contribution >= 0.6 is 23.4 Å². The summed E-state index contributed by atoms with van der Waals surface area (Å²) in [7, 11) is 1.50. The van der Waals surface area contributed by atoms with Gasteiger partial charge in [-0.2, -0.15) is 0 Å². The Hall–Kier alpha value is -2.85. The highest BCUT2D eigenvalue weighted by Crippen LogP contribution is 2.29. The number of benzene rings is 2. The minimum atomic E-state index is -0.804. The number of thioether (sulfide) groups is 1. The molecule has 0 saturated heterocycles. The summed E-state index contributed by atoms with van der Waals surface area (Å²) in [4.78, 5) is 12.4. The van der Waals surface area contributed by atoms with Crippen LogP contribution in [0.1, 0.15) is 25.8 Å². The van der Waals surface area contributed by atoms with Gasteiger partial charge in [0.15, 0.2) is 28.7 Å². The Bertz CT molecular complexity index is 1110. The number of ether oxygens (including phenoxy) is 2. The molecule has 1 amide bonds. The average molecular weight is 483 g/mol. The van der Waals surface area contributed by atoms with Crippen molar-refractivity contribution in [2.75, 3.05) is 18.2 Å². The number of methoxy groups -OCH3 is 1. The first-order valence-electron chi connectivity index (χ1n) is 9.63. The van der Waals surface area contributed by atoms with Gasteiger partial charge in [0.25, 0.3) is 0 Å². The molecule has 1 atom stereocenters. The van der Waals surface area contributed by atoms with E-state index in [2.05, 4.69) is 15.5 Å². The van der Waals surface area contributed by atoms with Crippen molar-refractivity contribution < 1.29 is 23.0 Å². The van der Waals surface area contributed by atoms with Crippen LogP contribution in [0.3, 0.4) is 0 Å². The molecule has 1 unspecified atom stereocenters. The molecule has 0 fully saturated rings. The van der Waals surface area contributed by atoms with Crippen LogP contribution in [0, 0.1) is 11.6 Å². The number of hydrogen-bond donors (Lipinski definition) is 1. The quantitative estimate of drug-likeness (QED) is 0.427. The molecule has 0 aliphatic carbocycles. The number of hydrogen-bond acceptors (Lipinski definition) is 6. The normalized spacial score (nSPS) is 11.8.